The third-order valence-corrected chi connectivity index (χ3v) is 1.42. The monoisotopic (exact) mass is 142 g/mol. The van der Waals surface area contributed by atoms with Crippen LogP contribution >= 0.6 is 0 Å². The minimum atomic E-state index is -0.210. The Morgan fingerprint density at radius 1 is 1.60 bits per heavy atom. The molecule has 0 aliphatic rings. The van der Waals surface area contributed by atoms with Crippen LogP contribution in [0.3, 0.4) is 0 Å². The maximum Gasteiger partial charge on any atom is 0.309 e. The summed E-state index contributed by atoms with van der Waals surface area (Å²) in [5, 5.41) is 0. The molecule has 0 heterocycles. The molecule has 0 atom stereocenters. The summed E-state index contributed by atoms with van der Waals surface area (Å²) in [4.78, 5) is 10.6. The average Bonchev–Trinajstić information content (AvgIpc) is 1.87. The highest BCUT2D eigenvalue weighted by Gasteiger charge is 2.05. The number of carbonyl (C=O) groups excluding carboxylic acids is 1. The summed E-state index contributed by atoms with van der Waals surface area (Å²) >= 11 is 0. The van der Waals surface area contributed by atoms with E-state index in [0.29, 0.717) is 12.3 Å². The predicted octanol–water partition coefficient (Wildman–Crippen LogP) is 1.76. The van der Waals surface area contributed by atoms with Gasteiger partial charge < -0.3 is 4.74 Å². The number of ether oxygens (including phenoxy) is 1. The van der Waals surface area contributed by atoms with Gasteiger partial charge in [-0.15, -0.1) is 0 Å². The van der Waals surface area contributed by atoms with E-state index in [-0.39, 0.29) is 5.97 Å². The van der Waals surface area contributed by atoms with Crippen LogP contribution in [-0.4, -0.2) is 13.1 Å². The highest BCUT2D eigenvalue weighted by molar-refractivity contribution is 5.72. The van der Waals surface area contributed by atoms with Gasteiger partial charge in [-0.2, -0.15) is 0 Å². The van der Waals surface area contributed by atoms with Gasteiger partial charge in [-0.1, -0.05) is 26.0 Å². The summed E-state index contributed by atoms with van der Waals surface area (Å²) in [7, 11) is 1.38. The molecule has 0 aromatic rings. The Kier molecular flexibility index (Phi) is 3.77. The van der Waals surface area contributed by atoms with Crippen molar-refractivity contribution in [3.05, 3.63) is 12.2 Å². The van der Waals surface area contributed by atoms with Gasteiger partial charge in [-0.25, -0.2) is 0 Å². The van der Waals surface area contributed by atoms with Crippen LogP contribution in [0.5, 0.6) is 0 Å². The lowest BCUT2D eigenvalue weighted by Gasteiger charge is -2.06. The second-order valence-electron chi connectivity index (χ2n) is 2.57. The molecule has 2 heteroatoms. The third-order valence-electron chi connectivity index (χ3n) is 1.42. The third kappa shape index (κ3) is 3.28. The van der Waals surface area contributed by atoms with Gasteiger partial charge in [0.15, 0.2) is 0 Å². The van der Waals surface area contributed by atoms with E-state index in [4.69, 9.17) is 0 Å². The molecule has 0 aromatic carbocycles. The van der Waals surface area contributed by atoms with Crippen LogP contribution in [0.4, 0.5) is 0 Å². The van der Waals surface area contributed by atoms with Gasteiger partial charge in [0, 0.05) is 0 Å². The lowest BCUT2D eigenvalue weighted by molar-refractivity contribution is -0.139. The number of carbonyl (C=O) groups is 1. The molecule has 0 saturated carbocycles. The summed E-state index contributed by atoms with van der Waals surface area (Å²) in [5.41, 5.74) is 0.923. The zero-order chi connectivity index (χ0) is 8.15. The second kappa shape index (κ2) is 4.09. The average molecular weight is 142 g/mol. The smallest absolute Gasteiger partial charge is 0.309 e. The Hall–Kier alpha value is -0.790. The summed E-state index contributed by atoms with van der Waals surface area (Å²) in [6.45, 7) is 7.75. The number of rotatable bonds is 3. The Balaban J connectivity index is 3.69. The molecule has 0 fully saturated rings. The molecule has 0 saturated heterocycles. The Bertz CT molecular complexity index is 136. The molecule has 0 bridgehead atoms. The fraction of sp³-hybridized carbons (Fsp3) is 0.625. The first-order chi connectivity index (χ1) is 4.57. The second-order valence-corrected chi connectivity index (χ2v) is 2.57. The first-order valence-corrected chi connectivity index (χ1v) is 3.32. The summed E-state index contributed by atoms with van der Waals surface area (Å²) in [5.74, 6) is 0.151. The molecule has 0 N–H and O–H groups in total. The fourth-order valence-electron chi connectivity index (χ4n) is 0.462. The molecule has 2 nitrogen and oxygen atoms in total. The Labute approximate surface area is 61.9 Å². The van der Waals surface area contributed by atoms with E-state index in [2.05, 4.69) is 11.3 Å². The maximum atomic E-state index is 10.6. The van der Waals surface area contributed by atoms with Crippen LogP contribution in [0.2, 0.25) is 0 Å². The highest BCUT2D eigenvalue weighted by Crippen LogP contribution is 2.10. The number of hydrogen-bond acceptors (Lipinski definition) is 2. The van der Waals surface area contributed by atoms with Crippen LogP contribution in [-0.2, 0) is 9.53 Å². The van der Waals surface area contributed by atoms with E-state index < -0.39 is 0 Å². The van der Waals surface area contributed by atoms with E-state index in [1.165, 1.54) is 7.11 Å². The SMILES string of the molecule is C=C(CC(=O)OC)C(C)C. The Morgan fingerprint density at radius 2 is 2.10 bits per heavy atom. The van der Waals surface area contributed by atoms with Crippen molar-refractivity contribution >= 4 is 5.97 Å². The lowest BCUT2D eigenvalue weighted by atomic mass is 10.0. The van der Waals surface area contributed by atoms with E-state index >= 15 is 0 Å². The maximum absolute atomic E-state index is 10.6. The van der Waals surface area contributed by atoms with Crippen LogP contribution in [0.25, 0.3) is 0 Å². The zero-order valence-corrected chi connectivity index (χ0v) is 6.81. The summed E-state index contributed by atoms with van der Waals surface area (Å²) < 4.78 is 4.47. The van der Waals surface area contributed by atoms with E-state index in [9.17, 15) is 4.79 Å². The summed E-state index contributed by atoms with van der Waals surface area (Å²) in [6.07, 6.45) is 0.341. The van der Waals surface area contributed by atoms with E-state index in [0.717, 1.165) is 5.57 Å². The van der Waals surface area contributed by atoms with Gasteiger partial charge in [-0.3, -0.25) is 4.79 Å². The zero-order valence-electron chi connectivity index (χ0n) is 6.81. The number of methoxy groups -OCH3 is 1. The largest absolute Gasteiger partial charge is 0.469 e. The fourth-order valence-corrected chi connectivity index (χ4v) is 0.462. The molecule has 0 rings (SSSR count). The molecule has 0 aliphatic carbocycles. The van der Waals surface area contributed by atoms with Gasteiger partial charge in [0.2, 0.25) is 0 Å². The minimum absolute atomic E-state index is 0.210. The van der Waals surface area contributed by atoms with Crippen molar-refractivity contribution in [1.82, 2.24) is 0 Å². The first-order valence-electron chi connectivity index (χ1n) is 3.32. The van der Waals surface area contributed by atoms with Crippen molar-refractivity contribution in [1.29, 1.82) is 0 Å². The van der Waals surface area contributed by atoms with Crippen LogP contribution in [0.1, 0.15) is 20.3 Å². The van der Waals surface area contributed by atoms with Crippen molar-refractivity contribution in [2.45, 2.75) is 20.3 Å². The van der Waals surface area contributed by atoms with Gasteiger partial charge in [0.05, 0.1) is 13.5 Å². The molecule has 0 aromatic heterocycles. The predicted molar refractivity (Wildman–Crippen MR) is 40.6 cm³/mol. The van der Waals surface area contributed by atoms with Crippen LogP contribution in [0.15, 0.2) is 12.2 Å². The van der Waals surface area contributed by atoms with E-state index in [1.807, 2.05) is 13.8 Å². The molecule has 0 radical (unpaired) electrons. The minimum Gasteiger partial charge on any atom is -0.469 e. The molecule has 58 valence electrons. The first kappa shape index (κ1) is 9.21. The molecular weight excluding hydrogens is 128 g/mol. The quantitative estimate of drug-likeness (QED) is 0.443. The van der Waals surface area contributed by atoms with Crippen molar-refractivity contribution in [3.8, 4) is 0 Å². The number of esters is 1. The lowest BCUT2D eigenvalue weighted by Crippen LogP contribution is -2.04. The van der Waals surface area contributed by atoms with Crippen LogP contribution in [0, 0.1) is 5.92 Å². The van der Waals surface area contributed by atoms with Crippen molar-refractivity contribution in [2.75, 3.05) is 7.11 Å². The Morgan fingerprint density at radius 3 is 2.40 bits per heavy atom. The highest BCUT2D eigenvalue weighted by atomic mass is 16.5. The molecule has 10 heavy (non-hydrogen) atoms. The number of hydrogen-bond donors (Lipinski definition) is 0. The van der Waals surface area contributed by atoms with Gasteiger partial charge >= 0.3 is 5.97 Å². The molecule has 0 amide bonds. The van der Waals surface area contributed by atoms with E-state index in [1.54, 1.807) is 0 Å². The summed E-state index contributed by atoms with van der Waals surface area (Å²) in [6, 6.07) is 0. The van der Waals surface area contributed by atoms with Gasteiger partial charge in [0.25, 0.3) is 0 Å². The molecule has 0 aliphatic heterocycles. The van der Waals surface area contributed by atoms with Crippen LogP contribution < -0.4 is 0 Å². The van der Waals surface area contributed by atoms with Crippen molar-refractivity contribution < 1.29 is 9.53 Å². The molecule has 0 spiro atoms. The molecule has 0 unspecified atom stereocenters. The van der Waals surface area contributed by atoms with Crippen molar-refractivity contribution in [2.24, 2.45) is 5.92 Å². The molecular formula is C8H14O2. The van der Waals surface area contributed by atoms with Gasteiger partial charge in [-0.05, 0) is 5.92 Å². The topological polar surface area (TPSA) is 26.3 Å². The van der Waals surface area contributed by atoms with Crippen molar-refractivity contribution in [3.63, 3.8) is 0 Å². The normalized spacial score (nSPS) is 9.60. The standard InChI is InChI=1S/C8H14O2/c1-6(2)7(3)5-8(9)10-4/h6H,3,5H2,1-2,4H3. The van der Waals surface area contributed by atoms with Gasteiger partial charge in [0.1, 0.15) is 0 Å².